The van der Waals surface area contributed by atoms with Gasteiger partial charge in [0.15, 0.2) is 0 Å². The van der Waals surface area contributed by atoms with Gasteiger partial charge in [-0.2, -0.15) is 0 Å². The van der Waals surface area contributed by atoms with Crippen LogP contribution in [0.5, 0.6) is 0 Å². The number of hydrogen-bond donors (Lipinski definition) is 1. The highest BCUT2D eigenvalue weighted by Crippen LogP contribution is 2.30. The number of benzene rings is 2. The fraction of sp³-hybridized carbons (Fsp3) is 0.333. The summed E-state index contributed by atoms with van der Waals surface area (Å²) in [6.07, 6.45) is 2.13. The predicted molar refractivity (Wildman–Crippen MR) is 89.6 cm³/mol. The maximum atomic E-state index is 6.46. The molecule has 2 N–H and O–H groups in total. The third kappa shape index (κ3) is 3.85. The zero-order valence-corrected chi connectivity index (χ0v) is 12.9. The van der Waals surface area contributed by atoms with Crippen LogP contribution in [-0.2, 0) is 4.74 Å². The third-order valence-electron chi connectivity index (χ3n) is 4.15. The van der Waals surface area contributed by atoms with Gasteiger partial charge in [0.2, 0.25) is 0 Å². The molecule has 0 bridgehead atoms. The van der Waals surface area contributed by atoms with E-state index in [-0.39, 0.29) is 18.4 Å². The zero-order chi connectivity index (χ0) is 13.8. The molecule has 112 valence electrons. The molecular weight excluding hydrogens is 282 g/mol. The van der Waals surface area contributed by atoms with E-state index >= 15 is 0 Å². The van der Waals surface area contributed by atoms with Crippen LogP contribution in [0.25, 0.3) is 11.1 Å². The van der Waals surface area contributed by atoms with Crippen molar-refractivity contribution < 1.29 is 4.74 Å². The molecule has 0 unspecified atom stereocenters. The van der Waals surface area contributed by atoms with Crippen LogP contribution < -0.4 is 5.73 Å². The maximum absolute atomic E-state index is 6.46. The third-order valence-corrected chi connectivity index (χ3v) is 4.15. The fourth-order valence-electron chi connectivity index (χ4n) is 2.90. The molecule has 1 heterocycles. The lowest BCUT2D eigenvalue weighted by Crippen LogP contribution is -2.27. The van der Waals surface area contributed by atoms with Crippen LogP contribution in [0.2, 0.25) is 0 Å². The van der Waals surface area contributed by atoms with Gasteiger partial charge in [0.1, 0.15) is 0 Å². The van der Waals surface area contributed by atoms with Crippen molar-refractivity contribution in [1.29, 1.82) is 0 Å². The van der Waals surface area contributed by atoms with Crippen LogP contribution in [0.15, 0.2) is 54.6 Å². The van der Waals surface area contributed by atoms with E-state index in [9.17, 15) is 0 Å². The van der Waals surface area contributed by atoms with Crippen molar-refractivity contribution in [3.8, 4) is 11.1 Å². The summed E-state index contributed by atoms with van der Waals surface area (Å²) >= 11 is 0. The van der Waals surface area contributed by atoms with Gasteiger partial charge < -0.3 is 10.5 Å². The zero-order valence-electron chi connectivity index (χ0n) is 12.1. The molecule has 3 heteroatoms. The Morgan fingerprint density at radius 3 is 2.29 bits per heavy atom. The first-order valence-corrected chi connectivity index (χ1v) is 7.33. The number of nitrogens with two attached hydrogens (primary N) is 1. The van der Waals surface area contributed by atoms with E-state index in [2.05, 4.69) is 48.5 Å². The summed E-state index contributed by atoms with van der Waals surface area (Å²) in [5.74, 6) is 0.537. The van der Waals surface area contributed by atoms with Crippen LogP contribution >= 0.6 is 12.4 Å². The summed E-state index contributed by atoms with van der Waals surface area (Å²) in [6.45, 7) is 1.69. The highest BCUT2D eigenvalue weighted by atomic mass is 35.5. The molecule has 0 amide bonds. The van der Waals surface area contributed by atoms with Crippen molar-refractivity contribution in [2.75, 3.05) is 13.2 Å². The van der Waals surface area contributed by atoms with Crippen molar-refractivity contribution in [3.63, 3.8) is 0 Å². The second-order valence-corrected chi connectivity index (χ2v) is 5.47. The summed E-state index contributed by atoms with van der Waals surface area (Å²) in [7, 11) is 0. The first kappa shape index (κ1) is 16.0. The standard InChI is InChI=1S/C18H21NO.ClH/c19-18(15-9-11-20-12-10-15)17-8-4-7-16(13-17)14-5-2-1-3-6-14;/h1-8,13,15,18H,9-12,19H2;1H/t18-;/m0./s1. The highest BCUT2D eigenvalue weighted by molar-refractivity contribution is 5.85. The molecule has 1 aliphatic heterocycles. The maximum Gasteiger partial charge on any atom is 0.0469 e. The van der Waals surface area contributed by atoms with Gasteiger partial charge in [-0.1, -0.05) is 48.5 Å². The van der Waals surface area contributed by atoms with Gasteiger partial charge in [-0.3, -0.25) is 0 Å². The van der Waals surface area contributed by atoms with Crippen LogP contribution in [0, 0.1) is 5.92 Å². The quantitative estimate of drug-likeness (QED) is 0.922. The Labute approximate surface area is 132 Å². The SMILES string of the molecule is Cl.N[C@H](c1cccc(-c2ccccc2)c1)C1CCOCC1. The van der Waals surface area contributed by atoms with Gasteiger partial charge in [0.25, 0.3) is 0 Å². The largest absolute Gasteiger partial charge is 0.381 e. The van der Waals surface area contributed by atoms with E-state index in [0.29, 0.717) is 5.92 Å². The Morgan fingerprint density at radius 1 is 0.905 bits per heavy atom. The molecule has 0 aliphatic carbocycles. The number of ether oxygens (including phenoxy) is 1. The van der Waals surface area contributed by atoms with E-state index in [1.807, 2.05) is 6.07 Å². The normalized spacial score (nSPS) is 17.0. The Kier molecular flexibility index (Phi) is 5.80. The van der Waals surface area contributed by atoms with Crippen molar-refractivity contribution >= 4 is 12.4 Å². The average molecular weight is 304 g/mol. The van der Waals surface area contributed by atoms with E-state index in [1.54, 1.807) is 0 Å². The van der Waals surface area contributed by atoms with Crippen molar-refractivity contribution in [1.82, 2.24) is 0 Å². The van der Waals surface area contributed by atoms with Gasteiger partial charge in [-0.05, 0) is 41.5 Å². The lowest BCUT2D eigenvalue weighted by molar-refractivity contribution is 0.0584. The van der Waals surface area contributed by atoms with Gasteiger partial charge >= 0.3 is 0 Å². The monoisotopic (exact) mass is 303 g/mol. The summed E-state index contributed by atoms with van der Waals surface area (Å²) in [4.78, 5) is 0. The first-order valence-electron chi connectivity index (χ1n) is 7.33. The lowest BCUT2D eigenvalue weighted by Gasteiger charge is -2.28. The smallest absolute Gasteiger partial charge is 0.0469 e. The minimum atomic E-state index is 0. The number of hydrogen-bond acceptors (Lipinski definition) is 2. The van der Waals surface area contributed by atoms with Crippen molar-refractivity contribution in [2.45, 2.75) is 18.9 Å². The van der Waals surface area contributed by atoms with E-state index < -0.39 is 0 Å². The molecule has 2 aromatic rings. The number of halogens is 1. The number of rotatable bonds is 3. The Balaban J connectivity index is 0.00000161. The summed E-state index contributed by atoms with van der Waals surface area (Å²) < 4.78 is 5.42. The molecular formula is C18H22ClNO. The molecule has 1 fully saturated rings. The van der Waals surface area contributed by atoms with Crippen LogP contribution in [0.1, 0.15) is 24.4 Å². The van der Waals surface area contributed by atoms with E-state index in [1.165, 1.54) is 16.7 Å². The molecule has 3 rings (SSSR count). The summed E-state index contributed by atoms with van der Waals surface area (Å²) in [5.41, 5.74) is 10.2. The molecule has 2 aromatic carbocycles. The van der Waals surface area contributed by atoms with Crippen molar-refractivity contribution in [3.05, 3.63) is 60.2 Å². The molecule has 0 radical (unpaired) electrons. The second-order valence-electron chi connectivity index (χ2n) is 5.47. The van der Waals surface area contributed by atoms with Gasteiger partial charge in [0.05, 0.1) is 0 Å². The van der Waals surface area contributed by atoms with Crippen LogP contribution in [-0.4, -0.2) is 13.2 Å². The minimum absolute atomic E-state index is 0. The molecule has 0 saturated carbocycles. The van der Waals surface area contributed by atoms with E-state index in [4.69, 9.17) is 10.5 Å². The molecule has 1 atom stereocenters. The van der Waals surface area contributed by atoms with E-state index in [0.717, 1.165) is 26.1 Å². The topological polar surface area (TPSA) is 35.2 Å². The minimum Gasteiger partial charge on any atom is -0.381 e. The molecule has 2 nitrogen and oxygen atoms in total. The summed E-state index contributed by atoms with van der Waals surface area (Å²) in [5, 5.41) is 0. The van der Waals surface area contributed by atoms with Crippen LogP contribution in [0.3, 0.4) is 0 Å². The Hall–Kier alpha value is -1.35. The Bertz CT molecular complexity index is 552. The van der Waals surface area contributed by atoms with Gasteiger partial charge in [-0.25, -0.2) is 0 Å². The molecule has 0 spiro atoms. The highest BCUT2D eigenvalue weighted by Gasteiger charge is 2.22. The average Bonchev–Trinajstić information content (AvgIpc) is 2.56. The lowest BCUT2D eigenvalue weighted by atomic mass is 9.87. The van der Waals surface area contributed by atoms with Gasteiger partial charge in [0, 0.05) is 19.3 Å². The molecule has 0 aromatic heterocycles. The fourth-order valence-corrected chi connectivity index (χ4v) is 2.90. The predicted octanol–water partition coefficient (Wildman–Crippen LogP) is 4.20. The van der Waals surface area contributed by atoms with Crippen molar-refractivity contribution in [2.24, 2.45) is 11.7 Å². The molecule has 21 heavy (non-hydrogen) atoms. The second kappa shape index (κ2) is 7.60. The molecule has 1 saturated heterocycles. The van der Waals surface area contributed by atoms with Gasteiger partial charge in [-0.15, -0.1) is 12.4 Å². The first-order chi connectivity index (χ1) is 9.84. The van der Waals surface area contributed by atoms with Crippen LogP contribution in [0.4, 0.5) is 0 Å². The summed E-state index contributed by atoms with van der Waals surface area (Å²) in [6, 6.07) is 19.2. The Morgan fingerprint density at radius 2 is 1.57 bits per heavy atom. The molecule has 1 aliphatic rings.